The molecular formula is C14H17ClFN3O. The maximum absolute atomic E-state index is 13.4. The second-order valence-electron chi connectivity index (χ2n) is 4.54. The molecule has 0 saturated heterocycles. The van der Waals surface area contributed by atoms with Gasteiger partial charge in [0.25, 0.3) is 0 Å². The molecule has 0 aliphatic rings. The number of hydrogen-bond acceptors (Lipinski definition) is 3. The fraction of sp³-hybridized carbons (Fsp3) is 0.357. The summed E-state index contributed by atoms with van der Waals surface area (Å²) in [6.45, 7) is 2.22. The third-order valence-electron chi connectivity index (χ3n) is 3.26. The molecule has 1 N–H and O–H groups in total. The van der Waals surface area contributed by atoms with E-state index >= 15 is 0 Å². The summed E-state index contributed by atoms with van der Waals surface area (Å²) in [5.74, 6) is 0.859. The highest BCUT2D eigenvalue weighted by Crippen LogP contribution is 2.26. The molecule has 0 amide bonds. The lowest BCUT2D eigenvalue weighted by Crippen LogP contribution is -2.14. The molecule has 2 aromatic rings. The van der Waals surface area contributed by atoms with Crippen LogP contribution < -0.4 is 10.1 Å². The first-order chi connectivity index (χ1) is 9.52. The Morgan fingerprint density at radius 2 is 2.25 bits per heavy atom. The van der Waals surface area contributed by atoms with Crippen LogP contribution in [0.15, 0.2) is 24.4 Å². The molecule has 6 heteroatoms. The van der Waals surface area contributed by atoms with Gasteiger partial charge in [-0.15, -0.1) is 0 Å². The van der Waals surface area contributed by atoms with E-state index in [1.54, 1.807) is 23.9 Å². The number of aromatic nitrogens is 2. The lowest BCUT2D eigenvalue weighted by Gasteiger charge is -2.16. The van der Waals surface area contributed by atoms with E-state index < -0.39 is 0 Å². The van der Waals surface area contributed by atoms with Crippen LogP contribution in [0.1, 0.15) is 24.4 Å². The minimum absolute atomic E-state index is 0.0653. The third kappa shape index (κ3) is 3.11. The molecule has 4 nitrogen and oxygen atoms in total. The molecule has 0 bridgehead atoms. The number of benzene rings is 1. The highest BCUT2D eigenvalue weighted by Gasteiger charge is 2.13. The zero-order chi connectivity index (χ0) is 14.7. The Morgan fingerprint density at radius 1 is 1.50 bits per heavy atom. The van der Waals surface area contributed by atoms with Gasteiger partial charge in [0.05, 0.1) is 6.20 Å². The summed E-state index contributed by atoms with van der Waals surface area (Å²) in [6, 6.07) is 4.59. The van der Waals surface area contributed by atoms with E-state index in [9.17, 15) is 4.39 Å². The maximum atomic E-state index is 13.4. The second kappa shape index (κ2) is 6.24. The molecule has 1 aromatic carbocycles. The normalized spacial score (nSPS) is 12.4. The first kappa shape index (κ1) is 14.8. The Balaban J connectivity index is 2.20. The summed E-state index contributed by atoms with van der Waals surface area (Å²) in [6.07, 6.45) is 1.56. The fourth-order valence-corrected chi connectivity index (χ4v) is 1.99. The van der Waals surface area contributed by atoms with Gasteiger partial charge < -0.3 is 14.6 Å². The molecule has 1 unspecified atom stereocenters. The summed E-state index contributed by atoms with van der Waals surface area (Å²) in [7, 11) is 3.65. The van der Waals surface area contributed by atoms with E-state index in [4.69, 9.17) is 16.3 Å². The zero-order valence-corrected chi connectivity index (χ0v) is 12.4. The van der Waals surface area contributed by atoms with Crippen LogP contribution >= 0.6 is 11.6 Å². The lowest BCUT2D eigenvalue weighted by molar-refractivity contribution is 0.285. The summed E-state index contributed by atoms with van der Waals surface area (Å²) in [5.41, 5.74) is 0.897. The standard InChI is InChI=1S/C14H17ClFN3O/c1-9(17-2)11-5-4-10(16)6-12(11)20-8-14-18-7-13(15)19(14)3/h4-7,9,17H,8H2,1-3H3. The van der Waals surface area contributed by atoms with Gasteiger partial charge in [-0.2, -0.15) is 0 Å². The van der Waals surface area contributed by atoms with Crippen molar-refractivity contribution in [1.82, 2.24) is 14.9 Å². The van der Waals surface area contributed by atoms with Gasteiger partial charge >= 0.3 is 0 Å². The molecule has 0 spiro atoms. The number of hydrogen-bond donors (Lipinski definition) is 1. The summed E-state index contributed by atoms with van der Waals surface area (Å²) in [5, 5.41) is 3.64. The SMILES string of the molecule is CNC(C)c1ccc(F)cc1OCc1ncc(Cl)n1C. The quantitative estimate of drug-likeness (QED) is 0.922. The number of rotatable bonds is 5. The van der Waals surface area contributed by atoms with E-state index in [0.717, 1.165) is 5.56 Å². The van der Waals surface area contributed by atoms with Gasteiger partial charge in [-0.3, -0.25) is 0 Å². The number of ether oxygens (including phenoxy) is 1. The van der Waals surface area contributed by atoms with Gasteiger partial charge in [-0.05, 0) is 20.0 Å². The second-order valence-corrected chi connectivity index (χ2v) is 4.92. The van der Waals surface area contributed by atoms with Crippen molar-refractivity contribution in [2.45, 2.75) is 19.6 Å². The van der Waals surface area contributed by atoms with Gasteiger partial charge in [0, 0.05) is 24.7 Å². The van der Waals surface area contributed by atoms with Crippen LogP contribution in [0.2, 0.25) is 5.15 Å². The van der Waals surface area contributed by atoms with E-state index in [1.165, 1.54) is 12.1 Å². The van der Waals surface area contributed by atoms with Gasteiger partial charge in [-0.25, -0.2) is 9.37 Å². The van der Waals surface area contributed by atoms with E-state index in [-0.39, 0.29) is 18.5 Å². The monoisotopic (exact) mass is 297 g/mol. The largest absolute Gasteiger partial charge is 0.485 e. The molecule has 108 valence electrons. The number of imidazole rings is 1. The molecule has 0 aliphatic heterocycles. The predicted molar refractivity (Wildman–Crippen MR) is 76.4 cm³/mol. The Bertz CT molecular complexity index is 600. The van der Waals surface area contributed by atoms with Crippen molar-refractivity contribution in [2.24, 2.45) is 7.05 Å². The highest BCUT2D eigenvalue weighted by molar-refractivity contribution is 6.29. The topological polar surface area (TPSA) is 39.1 Å². The van der Waals surface area contributed by atoms with Gasteiger partial charge in [0.1, 0.15) is 29.2 Å². The van der Waals surface area contributed by atoms with Gasteiger partial charge in [0.15, 0.2) is 0 Å². The van der Waals surface area contributed by atoms with Crippen LogP contribution in [0.4, 0.5) is 4.39 Å². The first-order valence-corrected chi connectivity index (χ1v) is 6.66. The molecule has 0 aliphatic carbocycles. The molecular weight excluding hydrogens is 281 g/mol. The zero-order valence-electron chi connectivity index (χ0n) is 11.7. The molecule has 2 rings (SSSR count). The lowest BCUT2D eigenvalue weighted by atomic mass is 10.1. The van der Waals surface area contributed by atoms with E-state index in [2.05, 4.69) is 10.3 Å². The van der Waals surface area contributed by atoms with E-state index in [0.29, 0.717) is 16.7 Å². The van der Waals surface area contributed by atoms with Crippen molar-refractivity contribution < 1.29 is 9.13 Å². The average Bonchev–Trinajstić information content (AvgIpc) is 2.76. The molecule has 0 fully saturated rings. The molecule has 1 aromatic heterocycles. The molecule has 0 radical (unpaired) electrons. The van der Waals surface area contributed by atoms with Crippen molar-refractivity contribution in [3.05, 3.63) is 46.8 Å². The average molecular weight is 298 g/mol. The van der Waals surface area contributed by atoms with Crippen LogP contribution in [0, 0.1) is 5.82 Å². The van der Waals surface area contributed by atoms with Crippen molar-refractivity contribution >= 4 is 11.6 Å². The minimum Gasteiger partial charge on any atom is -0.485 e. The fourth-order valence-electron chi connectivity index (χ4n) is 1.85. The Hall–Kier alpha value is -1.59. The highest BCUT2D eigenvalue weighted by atomic mass is 35.5. The molecule has 20 heavy (non-hydrogen) atoms. The number of nitrogens with zero attached hydrogens (tertiary/aromatic N) is 2. The van der Waals surface area contributed by atoms with Gasteiger partial charge in [-0.1, -0.05) is 17.7 Å². The van der Waals surface area contributed by atoms with E-state index in [1.807, 2.05) is 14.0 Å². The Morgan fingerprint density at radius 3 is 2.85 bits per heavy atom. The Labute approximate surface area is 122 Å². The summed E-state index contributed by atoms with van der Waals surface area (Å²) >= 11 is 5.92. The van der Waals surface area contributed by atoms with Crippen LogP contribution in [0.3, 0.4) is 0 Å². The number of halogens is 2. The van der Waals surface area contributed by atoms with Crippen LogP contribution in [0.25, 0.3) is 0 Å². The Kier molecular flexibility index (Phi) is 4.62. The third-order valence-corrected chi connectivity index (χ3v) is 3.61. The number of nitrogens with one attached hydrogen (secondary N) is 1. The van der Waals surface area contributed by atoms with Crippen LogP contribution in [0.5, 0.6) is 5.75 Å². The molecule has 0 saturated carbocycles. The van der Waals surface area contributed by atoms with Crippen molar-refractivity contribution in [1.29, 1.82) is 0 Å². The van der Waals surface area contributed by atoms with Crippen LogP contribution in [-0.4, -0.2) is 16.6 Å². The molecule has 1 atom stereocenters. The summed E-state index contributed by atoms with van der Waals surface area (Å²) < 4.78 is 20.8. The molecule has 1 heterocycles. The van der Waals surface area contributed by atoms with Crippen molar-refractivity contribution in [2.75, 3.05) is 7.05 Å². The summed E-state index contributed by atoms with van der Waals surface area (Å²) in [4.78, 5) is 4.14. The van der Waals surface area contributed by atoms with Crippen molar-refractivity contribution in [3.8, 4) is 5.75 Å². The van der Waals surface area contributed by atoms with Gasteiger partial charge in [0.2, 0.25) is 0 Å². The van der Waals surface area contributed by atoms with Crippen molar-refractivity contribution in [3.63, 3.8) is 0 Å². The predicted octanol–water partition coefficient (Wildman–Crippen LogP) is 3.07. The minimum atomic E-state index is -0.329. The maximum Gasteiger partial charge on any atom is 0.147 e. The first-order valence-electron chi connectivity index (χ1n) is 6.28. The smallest absolute Gasteiger partial charge is 0.147 e. The van der Waals surface area contributed by atoms with Crippen LogP contribution in [-0.2, 0) is 13.7 Å².